The van der Waals surface area contributed by atoms with Crippen LogP contribution >= 0.6 is 0 Å². The number of carbonyl (C=O) groups excluding carboxylic acids is 1. The second-order valence-corrected chi connectivity index (χ2v) is 10.6. The van der Waals surface area contributed by atoms with Crippen molar-refractivity contribution in [2.75, 3.05) is 13.1 Å². The summed E-state index contributed by atoms with van der Waals surface area (Å²) in [5.74, 6) is -1.71. The molecule has 0 saturated carbocycles. The number of rotatable bonds is 9. The number of amides is 1. The number of carboxylic acid groups (broad SMARTS) is 1. The van der Waals surface area contributed by atoms with Gasteiger partial charge in [0.15, 0.2) is 0 Å². The zero-order chi connectivity index (χ0) is 25.0. The van der Waals surface area contributed by atoms with Gasteiger partial charge in [-0.2, -0.15) is 4.31 Å². The van der Waals surface area contributed by atoms with Crippen LogP contribution in [-0.4, -0.2) is 64.7 Å². The molecule has 1 saturated heterocycles. The molecule has 1 aliphatic rings. The third-order valence-electron chi connectivity index (χ3n) is 5.75. The van der Waals surface area contributed by atoms with Crippen molar-refractivity contribution >= 4 is 27.6 Å². The summed E-state index contributed by atoms with van der Waals surface area (Å²) in [5, 5.41) is 20.7. The molecule has 0 aliphatic carbocycles. The summed E-state index contributed by atoms with van der Waals surface area (Å²) in [6.45, 7) is 3.12. The van der Waals surface area contributed by atoms with Crippen LogP contribution in [0.25, 0.3) is 0 Å². The van der Waals surface area contributed by atoms with Crippen LogP contribution < -0.4 is 0 Å². The molecule has 0 aromatic heterocycles. The predicted molar refractivity (Wildman–Crippen MR) is 124 cm³/mol. The van der Waals surface area contributed by atoms with Crippen LogP contribution in [0.15, 0.2) is 59.5 Å². The summed E-state index contributed by atoms with van der Waals surface area (Å²) in [7, 11) is -4.18. The van der Waals surface area contributed by atoms with Crippen molar-refractivity contribution in [1.29, 1.82) is 0 Å². The van der Waals surface area contributed by atoms with Gasteiger partial charge in [-0.25, -0.2) is 13.2 Å². The molecular formula is C23H27N3O7S. The summed E-state index contributed by atoms with van der Waals surface area (Å²) in [4.78, 5) is 36.4. The first-order valence-corrected chi connectivity index (χ1v) is 12.3. The van der Waals surface area contributed by atoms with Gasteiger partial charge in [0.25, 0.3) is 5.69 Å². The maximum atomic E-state index is 13.5. The molecule has 1 amide bonds. The van der Waals surface area contributed by atoms with Crippen molar-refractivity contribution in [3.05, 3.63) is 70.3 Å². The lowest BCUT2D eigenvalue weighted by Gasteiger charge is -2.42. The molecular weight excluding hydrogens is 462 g/mol. The van der Waals surface area contributed by atoms with Gasteiger partial charge in [-0.1, -0.05) is 44.2 Å². The first-order chi connectivity index (χ1) is 16.0. The summed E-state index contributed by atoms with van der Waals surface area (Å²) < 4.78 is 28.0. The van der Waals surface area contributed by atoms with Crippen LogP contribution in [0.3, 0.4) is 0 Å². The van der Waals surface area contributed by atoms with E-state index in [1.807, 2.05) is 44.2 Å². The Kier molecular flexibility index (Phi) is 7.68. The molecule has 11 heteroatoms. The Morgan fingerprint density at radius 1 is 1.15 bits per heavy atom. The number of hydrogen-bond donors (Lipinski definition) is 1. The molecule has 1 aliphatic heterocycles. The third kappa shape index (κ3) is 5.60. The molecule has 34 heavy (non-hydrogen) atoms. The SMILES string of the molecule is CC(C)C[C@H](C(=O)O)N1C[C@@H](Cc2ccccc2)N(S(=O)(=O)c2ccc([N+](=O)[O-])cc2)CC1=O. The number of piperazine rings is 1. The van der Waals surface area contributed by atoms with Crippen molar-refractivity contribution in [3.63, 3.8) is 0 Å². The Bertz CT molecular complexity index is 1150. The number of nitrogens with zero attached hydrogens (tertiary/aromatic N) is 3. The van der Waals surface area contributed by atoms with Crippen molar-refractivity contribution in [2.24, 2.45) is 5.92 Å². The number of nitro groups is 1. The summed E-state index contributed by atoms with van der Waals surface area (Å²) >= 11 is 0. The lowest BCUT2D eigenvalue weighted by atomic mass is 9.98. The number of aliphatic carboxylic acids is 1. The topological polar surface area (TPSA) is 138 Å². The van der Waals surface area contributed by atoms with Crippen LogP contribution in [0.1, 0.15) is 25.8 Å². The summed E-state index contributed by atoms with van der Waals surface area (Å²) in [6, 6.07) is 11.8. The lowest BCUT2D eigenvalue weighted by Crippen LogP contribution is -2.62. The van der Waals surface area contributed by atoms with Crippen LogP contribution in [0.4, 0.5) is 5.69 Å². The molecule has 2 atom stereocenters. The third-order valence-corrected chi connectivity index (χ3v) is 7.66. The number of benzene rings is 2. The van der Waals surface area contributed by atoms with Crippen molar-refractivity contribution in [3.8, 4) is 0 Å². The molecule has 3 rings (SSSR count). The number of non-ortho nitro benzene ring substituents is 1. The minimum absolute atomic E-state index is 0.0170. The fourth-order valence-corrected chi connectivity index (χ4v) is 5.66. The number of hydrogen-bond acceptors (Lipinski definition) is 6. The molecule has 2 aromatic carbocycles. The van der Waals surface area contributed by atoms with Crippen LogP contribution in [0.5, 0.6) is 0 Å². The number of carboxylic acids is 1. The second kappa shape index (κ2) is 10.3. The maximum absolute atomic E-state index is 13.5. The molecule has 0 bridgehead atoms. The summed E-state index contributed by atoms with van der Waals surface area (Å²) in [5.41, 5.74) is 0.583. The number of sulfonamides is 1. The van der Waals surface area contributed by atoms with E-state index in [0.29, 0.717) is 0 Å². The minimum Gasteiger partial charge on any atom is -0.480 e. The molecule has 0 unspecified atom stereocenters. The van der Waals surface area contributed by atoms with E-state index in [-0.39, 0.29) is 35.9 Å². The van der Waals surface area contributed by atoms with E-state index in [4.69, 9.17) is 0 Å². The monoisotopic (exact) mass is 489 g/mol. The Morgan fingerprint density at radius 2 is 1.76 bits per heavy atom. The lowest BCUT2D eigenvalue weighted by molar-refractivity contribution is -0.384. The quantitative estimate of drug-likeness (QED) is 0.422. The highest BCUT2D eigenvalue weighted by Crippen LogP contribution is 2.27. The zero-order valence-corrected chi connectivity index (χ0v) is 19.7. The Hall–Kier alpha value is -3.31. The molecule has 1 N–H and O–H groups in total. The van der Waals surface area contributed by atoms with Gasteiger partial charge < -0.3 is 10.0 Å². The van der Waals surface area contributed by atoms with Gasteiger partial charge in [-0.3, -0.25) is 14.9 Å². The largest absolute Gasteiger partial charge is 0.480 e. The normalized spacial score (nSPS) is 18.1. The molecule has 10 nitrogen and oxygen atoms in total. The van der Waals surface area contributed by atoms with Gasteiger partial charge in [0, 0.05) is 24.7 Å². The smallest absolute Gasteiger partial charge is 0.326 e. The fraction of sp³-hybridized carbons (Fsp3) is 0.391. The van der Waals surface area contributed by atoms with Crippen LogP contribution in [0.2, 0.25) is 0 Å². The zero-order valence-electron chi connectivity index (χ0n) is 18.9. The van der Waals surface area contributed by atoms with E-state index < -0.39 is 45.5 Å². The predicted octanol–water partition coefficient (Wildman–Crippen LogP) is 2.54. The Morgan fingerprint density at radius 3 is 2.29 bits per heavy atom. The van der Waals surface area contributed by atoms with Crippen molar-refractivity contribution < 1.29 is 28.0 Å². The first-order valence-electron chi connectivity index (χ1n) is 10.8. The van der Waals surface area contributed by atoms with Crippen LogP contribution in [-0.2, 0) is 26.0 Å². The fourth-order valence-electron chi connectivity index (χ4n) is 4.09. The van der Waals surface area contributed by atoms with Gasteiger partial charge in [-0.15, -0.1) is 0 Å². The molecule has 0 radical (unpaired) electrons. The van der Waals surface area contributed by atoms with Gasteiger partial charge in [0.1, 0.15) is 6.04 Å². The summed E-state index contributed by atoms with van der Waals surface area (Å²) in [6.07, 6.45) is 0.513. The van der Waals surface area contributed by atoms with Gasteiger partial charge >= 0.3 is 5.97 Å². The molecule has 0 spiro atoms. The highest BCUT2D eigenvalue weighted by molar-refractivity contribution is 7.89. The average molecular weight is 490 g/mol. The van der Waals surface area contributed by atoms with Gasteiger partial charge in [-0.05, 0) is 36.5 Å². The van der Waals surface area contributed by atoms with E-state index in [9.17, 15) is 33.2 Å². The molecule has 1 fully saturated rings. The molecule has 1 heterocycles. The minimum atomic E-state index is -4.18. The molecule has 182 valence electrons. The Labute approximate surface area is 198 Å². The standard InChI is InChI=1S/C23H27N3O7S/c1-16(2)12-21(23(28)29)24-14-19(13-17-6-4-3-5-7-17)25(15-22(24)27)34(32,33)20-10-8-18(9-11-20)26(30)31/h3-11,16,19,21H,12-15H2,1-2H3,(H,28,29)/t19-,21-/m1/s1. The molecule has 2 aromatic rings. The van der Waals surface area contributed by atoms with Gasteiger partial charge in [0.2, 0.25) is 15.9 Å². The highest BCUT2D eigenvalue weighted by atomic mass is 32.2. The van der Waals surface area contributed by atoms with E-state index >= 15 is 0 Å². The maximum Gasteiger partial charge on any atom is 0.326 e. The van der Waals surface area contributed by atoms with E-state index in [1.54, 1.807) is 0 Å². The second-order valence-electron chi connectivity index (χ2n) is 8.67. The highest BCUT2D eigenvalue weighted by Gasteiger charge is 2.43. The van der Waals surface area contributed by atoms with Crippen molar-refractivity contribution in [1.82, 2.24) is 9.21 Å². The first kappa shape index (κ1) is 25.3. The van der Waals surface area contributed by atoms with Gasteiger partial charge in [0.05, 0.1) is 16.4 Å². The van der Waals surface area contributed by atoms with E-state index in [0.717, 1.165) is 34.1 Å². The Balaban J connectivity index is 1.98. The van der Waals surface area contributed by atoms with Crippen molar-refractivity contribution in [2.45, 2.75) is 43.7 Å². The average Bonchev–Trinajstić information content (AvgIpc) is 2.79. The number of nitro benzene ring substituents is 1. The van der Waals surface area contributed by atoms with E-state index in [1.165, 1.54) is 4.90 Å². The van der Waals surface area contributed by atoms with Crippen LogP contribution in [0, 0.1) is 16.0 Å². The van der Waals surface area contributed by atoms with E-state index in [2.05, 4.69) is 0 Å². The number of carbonyl (C=O) groups is 2.